The third-order valence-corrected chi connectivity index (χ3v) is 10.9. The fraction of sp³-hybridized carbons (Fsp3) is 0.571. The molecular weight excluding hydrogens is 666 g/mol. The van der Waals surface area contributed by atoms with Crippen LogP contribution >= 0.6 is 0 Å². The Morgan fingerprint density at radius 3 is 2.38 bits per heavy atom. The minimum Gasteiger partial charge on any atom is -0.497 e. The number of rotatable bonds is 11. The lowest BCUT2D eigenvalue weighted by Crippen LogP contribution is -2.60. The van der Waals surface area contributed by atoms with E-state index in [4.69, 9.17) is 14.2 Å². The molecule has 2 aliphatic carbocycles. The maximum Gasteiger partial charge on any atom is 0.408 e. The monoisotopic (exact) mass is 713 g/mol. The summed E-state index contributed by atoms with van der Waals surface area (Å²) >= 11 is 0. The van der Waals surface area contributed by atoms with Crippen molar-refractivity contribution >= 4 is 44.6 Å². The molecular formula is C35H47N5O9S. The third kappa shape index (κ3) is 7.98. The average molecular weight is 714 g/mol. The number of nitrogens with zero attached hydrogens (tertiary/aromatic N) is 2. The minimum absolute atomic E-state index is 0.0136. The predicted octanol–water partition coefficient (Wildman–Crippen LogP) is 3.20. The van der Waals surface area contributed by atoms with Crippen molar-refractivity contribution in [2.75, 3.05) is 13.7 Å². The van der Waals surface area contributed by atoms with E-state index in [9.17, 15) is 27.6 Å². The molecule has 5 atom stereocenters. The first-order valence-corrected chi connectivity index (χ1v) is 18.2. The van der Waals surface area contributed by atoms with E-state index in [0.29, 0.717) is 24.0 Å². The van der Waals surface area contributed by atoms with Crippen LogP contribution in [0.1, 0.15) is 67.2 Å². The Bertz CT molecular complexity index is 1800. The highest BCUT2D eigenvalue weighted by molar-refractivity contribution is 7.91. The van der Waals surface area contributed by atoms with E-state index >= 15 is 0 Å². The maximum absolute atomic E-state index is 14.4. The molecule has 5 rings (SSSR count). The molecule has 14 nitrogen and oxygen atoms in total. The van der Waals surface area contributed by atoms with Crippen molar-refractivity contribution in [3.8, 4) is 11.6 Å². The van der Waals surface area contributed by atoms with Crippen LogP contribution in [0, 0.1) is 11.3 Å². The lowest BCUT2D eigenvalue weighted by atomic mass is 9.85. The summed E-state index contributed by atoms with van der Waals surface area (Å²) in [5, 5.41) is 6.32. The largest absolute Gasteiger partial charge is 0.497 e. The van der Waals surface area contributed by atoms with Gasteiger partial charge in [-0.05, 0) is 69.0 Å². The molecule has 3 aliphatic rings. The van der Waals surface area contributed by atoms with Gasteiger partial charge in [0.2, 0.25) is 27.7 Å². The molecule has 2 aromatic rings. The van der Waals surface area contributed by atoms with E-state index in [1.165, 1.54) is 11.0 Å². The van der Waals surface area contributed by atoms with Crippen LogP contribution in [-0.4, -0.2) is 90.3 Å². The Morgan fingerprint density at radius 2 is 1.80 bits per heavy atom. The molecule has 0 radical (unpaired) electrons. The highest BCUT2D eigenvalue weighted by Gasteiger charge is 2.62. The van der Waals surface area contributed by atoms with Gasteiger partial charge in [0.15, 0.2) is 0 Å². The van der Waals surface area contributed by atoms with Crippen LogP contribution in [0.2, 0.25) is 0 Å². The molecule has 3 fully saturated rings. The third-order valence-electron chi connectivity index (χ3n) is 9.09. The second kappa shape index (κ2) is 13.4. The fourth-order valence-corrected chi connectivity index (χ4v) is 7.50. The minimum atomic E-state index is -3.90. The zero-order valence-corrected chi connectivity index (χ0v) is 30.4. The van der Waals surface area contributed by atoms with Crippen molar-refractivity contribution < 1.29 is 41.8 Å². The van der Waals surface area contributed by atoms with Crippen LogP contribution in [-0.2, 0) is 29.1 Å². The number of methoxy groups -OCH3 is 1. The number of pyridine rings is 1. The van der Waals surface area contributed by atoms with Crippen molar-refractivity contribution in [1.82, 2.24) is 25.2 Å². The molecule has 2 saturated carbocycles. The summed E-state index contributed by atoms with van der Waals surface area (Å²) < 4.78 is 44.7. The number of likely N-dealkylation sites (tertiary alicyclic amines) is 1. The van der Waals surface area contributed by atoms with Gasteiger partial charge in [0, 0.05) is 23.9 Å². The van der Waals surface area contributed by atoms with Gasteiger partial charge in [0.1, 0.15) is 35.1 Å². The van der Waals surface area contributed by atoms with Gasteiger partial charge in [-0.15, -0.1) is 6.58 Å². The fourth-order valence-electron chi connectivity index (χ4n) is 6.13. The van der Waals surface area contributed by atoms with Gasteiger partial charge in [0.25, 0.3) is 5.91 Å². The summed E-state index contributed by atoms with van der Waals surface area (Å²) in [6, 6.07) is 4.99. The second-order valence-electron chi connectivity index (χ2n) is 15.3. The number of carbonyl (C=O) groups is 4. The molecule has 1 aliphatic heterocycles. The van der Waals surface area contributed by atoms with Gasteiger partial charge in [-0.3, -0.25) is 19.1 Å². The molecule has 2 unspecified atom stereocenters. The molecule has 15 heteroatoms. The van der Waals surface area contributed by atoms with E-state index in [2.05, 4.69) is 26.9 Å². The molecule has 1 saturated heterocycles. The molecule has 272 valence electrons. The summed E-state index contributed by atoms with van der Waals surface area (Å²) in [6.45, 7) is 14.1. The quantitative estimate of drug-likeness (QED) is 0.293. The number of hydrogen-bond acceptors (Lipinski definition) is 10. The maximum atomic E-state index is 14.4. The Kier molecular flexibility index (Phi) is 9.87. The number of nitrogens with one attached hydrogen (secondary N) is 3. The summed E-state index contributed by atoms with van der Waals surface area (Å²) in [5.41, 5.74) is -3.20. The van der Waals surface area contributed by atoms with Crippen molar-refractivity contribution in [3.05, 3.63) is 43.1 Å². The number of sulfonamides is 1. The predicted molar refractivity (Wildman–Crippen MR) is 185 cm³/mol. The molecule has 4 amide bonds. The Labute approximate surface area is 292 Å². The van der Waals surface area contributed by atoms with Crippen LogP contribution in [0.3, 0.4) is 0 Å². The topological polar surface area (TPSA) is 182 Å². The van der Waals surface area contributed by atoms with E-state index < -0.39 is 79.7 Å². The average Bonchev–Trinajstić information content (AvgIpc) is 3.95. The van der Waals surface area contributed by atoms with Gasteiger partial charge >= 0.3 is 6.09 Å². The van der Waals surface area contributed by atoms with Gasteiger partial charge < -0.3 is 29.7 Å². The SMILES string of the molecule is C=C[C@@H]1C[C@]1(NC(=O)[C@@H]1CC(Oc2nccc3ccc(OC)cc23)CN1C(=O)C(NC(=O)OC(C)(C)C)C(C)(C)C)C(=O)NS(=O)(=O)C1CC1. The highest BCUT2D eigenvalue weighted by Crippen LogP contribution is 2.45. The standard InChI is InChI=1S/C35H47N5O9S/c1-9-21-18-35(21,31(43)39-50(45,46)24-12-13-24)38-28(41)26-17-23(48-29-25-16-22(47-8)11-10-20(25)14-15-36-29)19-40(26)30(42)27(33(2,3)4)37-32(44)49-34(5,6)7/h9-11,14-16,21,23-24,26-27H,1,12-13,17-19H2,2-8H3,(H,37,44)(H,38,41)(H,39,43)/t21-,23?,26+,27?,35-/m1/s1. The lowest BCUT2D eigenvalue weighted by molar-refractivity contribution is -0.143. The Balaban J connectivity index is 1.45. The lowest BCUT2D eigenvalue weighted by Gasteiger charge is -2.36. The van der Waals surface area contributed by atoms with Crippen molar-refractivity contribution in [3.63, 3.8) is 0 Å². The van der Waals surface area contributed by atoms with E-state index in [1.807, 2.05) is 18.2 Å². The molecule has 0 bridgehead atoms. The van der Waals surface area contributed by atoms with E-state index in [1.54, 1.807) is 60.9 Å². The number of ether oxygens (including phenoxy) is 3. The summed E-state index contributed by atoms with van der Waals surface area (Å²) in [6.07, 6.45) is 2.63. The normalized spacial score (nSPS) is 24.1. The molecule has 1 aromatic heterocycles. The van der Waals surface area contributed by atoms with Crippen LogP contribution in [0.4, 0.5) is 4.79 Å². The highest BCUT2D eigenvalue weighted by atomic mass is 32.2. The summed E-state index contributed by atoms with van der Waals surface area (Å²) in [5.74, 6) is -1.75. The first-order valence-electron chi connectivity index (χ1n) is 16.7. The zero-order valence-electron chi connectivity index (χ0n) is 29.6. The zero-order chi connectivity index (χ0) is 36.8. The number of carbonyl (C=O) groups excluding carboxylic acids is 4. The van der Waals surface area contributed by atoms with E-state index in [0.717, 1.165) is 5.39 Å². The van der Waals surface area contributed by atoms with Crippen LogP contribution < -0.4 is 24.8 Å². The first kappa shape index (κ1) is 36.9. The Hall–Kier alpha value is -4.40. The number of hydrogen-bond donors (Lipinski definition) is 3. The van der Waals surface area contributed by atoms with Crippen LogP contribution in [0.25, 0.3) is 10.8 Å². The molecule has 1 aromatic carbocycles. The number of aromatic nitrogens is 1. The number of fused-ring (bicyclic) bond motifs is 1. The molecule has 50 heavy (non-hydrogen) atoms. The van der Waals surface area contributed by atoms with Crippen LogP contribution in [0.5, 0.6) is 11.6 Å². The molecule has 3 N–H and O–H groups in total. The number of alkyl carbamates (subject to hydrolysis) is 1. The van der Waals surface area contributed by atoms with Crippen LogP contribution in [0.15, 0.2) is 43.1 Å². The molecule has 0 spiro atoms. The number of amides is 4. The first-order chi connectivity index (χ1) is 23.3. The van der Waals surface area contributed by atoms with Crippen molar-refractivity contribution in [1.29, 1.82) is 0 Å². The summed E-state index contributed by atoms with van der Waals surface area (Å²) in [4.78, 5) is 60.7. The smallest absolute Gasteiger partial charge is 0.408 e. The number of benzene rings is 1. The van der Waals surface area contributed by atoms with Gasteiger partial charge in [-0.25, -0.2) is 18.2 Å². The van der Waals surface area contributed by atoms with Crippen molar-refractivity contribution in [2.45, 2.75) is 102 Å². The van der Waals surface area contributed by atoms with Gasteiger partial charge in [-0.1, -0.05) is 32.9 Å². The molecule has 2 heterocycles. The second-order valence-corrected chi connectivity index (χ2v) is 17.3. The van der Waals surface area contributed by atoms with Gasteiger partial charge in [0.05, 0.1) is 18.9 Å². The Morgan fingerprint density at radius 1 is 1.10 bits per heavy atom. The van der Waals surface area contributed by atoms with Gasteiger partial charge in [-0.2, -0.15) is 0 Å². The van der Waals surface area contributed by atoms with E-state index in [-0.39, 0.29) is 25.3 Å². The summed E-state index contributed by atoms with van der Waals surface area (Å²) in [7, 11) is -2.35. The van der Waals surface area contributed by atoms with Crippen molar-refractivity contribution in [2.24, 2.45) is 11.3 Å².